The Labute approximate surface area is 281 Å². The maximum atomic E-state index is 2.58. The highest BCUT2D eigenvalue weighted by Gasteiger charge is 2.36. The first-order chi connectivity index (χ1) is 22.5. The fraction of sp³-hybridized carbons (Fsp3) is 0.277. The molecule has 8 rings (SSSR count). The van der Waals surface area contributed by atoms with Crippen molar-refractivity contribution in [2.45, 2.75) is 84.5 Å². The first-order valence-electron chi connectivity index (χ1n) is 17.6. The number of allylic oxidation sites excluding steroid dienone is 1. The molecule has 0 nitrogen and oxygen atoms in total. The van der Waals surface area contributed by atoms with Gasteiger partial charge in [-0.3, -0.25) is 0 Å². The van der Waals surface area contributed by atoms with Crippen LogP contribution in [0.5, 0.6) is 0 Å². The summed E-state index contributed by atoms with van der Waals surface area (Å²) in [6.45, 7) is 16.5. The molecule has 0 spiro atoms. The Hall–Kier alpha value is -4.42. The number of hydrogen-bond donors (Lipinski definition) is 0. The van der Waals surface area contributed by atoms with Gasteiger partial charge in [-0.2, -0.15) is 0 Å². The van der Waals surface area contributed by atoms with Crippen LogP contribution >= 0.6 is 0 Å². The molecule has 0 saturated carbocycles. The van der Waals surface area contributed by atoms with Crippen molar-refractivity contribution in [3.05, 3.63) is 148 Å². The molecular formula is C47H46. The third-order valence-corrected chi connectivity index (χ3v) is 10.8. The first-order valence-corrected chi connectivity index (χ1v) is 17.6. The Morgan fingerprint density at radius 1 is 0.617 bits per heavy atom. The van der Waals surface area contributed by atoms with Crippen LogP contribution < -0.4 is 0 Å². The zero-order valence-electron chi connectivity index (χ0n) is 29.1. The minimum Gasteiger partial charge on any atom is -0.0651 e. The van der Waals surface area contributed by atoms with Crippen molar-refractivity contribution in [2.24, 2.45) is 0 Å². The fourth-order valence-electron chi connectivity index (χ4n) is 8.57. The second-order valence-electron chi connectivity index (χ2n) is 16.0. The van der Waals surface area contributed by atoms with Gasteiger partial charge in [-0.25, -0.2) is 0 Å². The van der Waals surface area contributed by atoms with Crippen LogP contribution in [0.4, 0.5) is 0 Å². The van der Waals surface area contributed by atoms with E-state index in [4.69, 9.17) is 0 Å². The molecule has 0 saturated heterocycles. The number of fused-ring (bicyclic) bond motifs is 7. The Morgan fingerprint density at radius 2 is 1.34 bits per heavy atom. The number of hydrogen-bond acceptors (Lipinski definition) is 0. The molecule has 0 radical (unpaired) electrons. The maximum absolute atomic E-state index is 2.58. The van der Waals surface area contributed by atoms with Gasteiger partial charge in [-0.1, -0.05) is 164 Å². The maximum Gasteiger partial charge on any atom is 0.0314 e. The van der Waals surface area contributed by atoms with Crippen molar-refractivity contribution in [1.82, 2.24) is 0 Å². The quantitative estimate of drug-likeness (QED) is 0.174. The van der Waals surface area contributed by atoms with Gasteiger partial charge in [-0.05, 0) is 112 Å². The van der Waals surface area contributed by atoms with E-state index in [2.05, 4.69) is 158 Å². The van der Waals surface area contributed by atoms with Gasteiger partial charge >= 0.3 is 0 Å². The van der Waals surface area contributed by atoms with Gasteiger partial charge in [0.15, 0.2) is 0 Å². The lowest BCUT2D eigenvalue weighted by molar-refractivity contribution is 0.579. The number of benzene rings is 6. The van der Waals surface area contributed by atoms with E-state index >= 15 is 0 Å². The molecule has 1 atom stereocenters. The van der Waals surface area contributed by atoms with Gasteiger partial charge in [0.2, 0.25) is 0 Å². The minimum absolute atomic E-state index is 0.0297. The van der Waals surface area contributed by atoms with Gasteiger partial charge in [0.25, 0.3) is 0 Å². The van der Waals surface area contributed by atoms with Crippen molar-refractivity contribution in [1.29, 1.82) is 0 Å². The highest BCUT2D eigenvalue weighted by atomic mass is 14.4. The lowest BCUT2D eigenvalue weighted by atomic mass is 9.73. The van der Waals surface area contributed by atoms with Gasteiger partial charge in [0.1, 0.15) is 0 Å². The Morgan fingerprint density at radius 3 is 2.09 bits per heavy atom. The zero-order chi connectivity index (χ0) is 32.7. The smallest absolute Gasteiger partial charge is 0.0314 e. The van der Waals surface area contributed by atoms with Crippen LogP contribution in [0.15, 0.2) is 109 Å². The highest BCUT2D eigenvalue weighted by Crippen LogP contribution is 2.53. The molecule has 0 heterocycles. The average Bonchev–Trinajstić information content (AvgIpc) is 3.61. The largest absolute Gasteiger partial charge is 0.0651 e. The molecule has 0 fully saturated rings. The summed E-state index contributed by atoms with van der Waals surface area (Å²) in [5.41, 5.74) is 17.6. The summed E-state index contributed by atoms with van der Waals surface area (Å²) in [4.78, 5) is 0. The minimum atomic E-state index is 0.0297. The molecule has 0 aliphatic heterocycles. The zero-order valence-corrected chi connectivity index (χ0v) is 29.1. The van der Waals surface area contributed by atoms with E-state index in [1.165, 1.54) is 71.6 Å². The molecule has 6 aromatic rings. The lowest BCUT2D eigenvalue weighted by Crippen LogP contribution is -2.19. The first kappa shape index (κ1) is 29.9. The second kappa shape index (κ2) is 10.8. The van der Waals surface area contributed by atoms with E-state index in [0.29, 0.717) is 0 Å². The van der Waals surface area contributed by atoms with Crippen LogP contribution in [-0.4, -0.2) is 0 Å². The normalized spacial score (nSPS) is 15.6. The lowest BCUT2D eigenvalue weighted by Gasteiger charge is -2.30. The summed E-state index contributed by atoms with van der Waals surface area (Å²) < 4.78 is 0. The topological polar surface area (TPSA) is 0 Å². The standard InChI is InChI=1S/C47H46/c1-8-14-30-27-41-37(40-26-29-15-9-10-16-33(29)35-17-11-12-18-36(35)40)19-13-20-39(41)44(30)45-42-28-31-25-32(46(2,3)4)21-22-34(31)38(42)23-24-43(45)47(5,6)7/h9-13,15-27,44H,8,14,28H2,1-7H3. The molecule has 1 unspecified atom stereocenters. The van der Waals surface area contributed by atoms with Crippen molar-refractivity contribution in [3.8, 4) is 22.3 Å². The van der Waals surface area contributed by atoms with Crippen LogP contribution in [-0.2, 0) is 17.3 Å². The monoisotopic (exact) mass is 610 g/mol. The van der Waals surface area contributed by atoms with E-state index in [-0.39, 0.29) is 16.7 Å². The number of rotatable bonds is 4. The molecule has 6 aromatic carbocycles. The molecular weight excluding hydrogens is 565 g/mol. The Kier molecular flexibility index (Phi) is 6.89. The van der Waals surface area contributed by atoms with E-state index < -0.39 is 0 Å². The third kappa shape index (κ3) is 4.79. The molecule has 0 heteroatoms. The average molecular weight is 611 g/mol. The molecule has 234 valence electrons. The van der Waals surface area contributed by atoms with Gasteiger partial charge < -0.3 is 0 Å². The van der Waals surface area contributed by atoms with Crippen molar-refractivity contribution in [2.75, 3.05) is 0 Å². The molecule has 47 heavy (non-hydrogen) atoms. The van der Waals surface area contributed by atoms with Gasteiger partial charge in [0, 0.05) is 5.92 Å². The summed E-state index contributed by atoms with van der Waals surface area (Å²) in [7, 11) is 0. The molecule has 2 aliphatic rings. The van der Waals surface area contributed by atoms with Gasteiger partial charge in [-0.15, -0.1) is 0 Å². The molecule has 0 aromatic heterocycles. The third-order valence-electron chi connectivity index (χ3n) is 10.8. The van der Waals surface area contributed by atoms with Crippen LogP contribution in [0.25, 0.3) is 49.9 Å². The predicted molar refractivity (Wildman–Crippen MR) is 204 cm³/mol. The van der Waals surface area contributed by atoms with Crippen LogP contribution in [0, 0.1) is 0 Å². The molecule has 0 N–H and O–H groups in total. The molecule has 2 aliphatic carbocycles. The van der Waals surface area contributed by atoms with Crippen LogP contribution in [0.1, 0.15) is 106 Å². The van der Waals surface area contributed by atoms with E-state index in [1.54, 1.807) is 16.7 Å². The summed E-state index contributed by atoms with van der Waals surface area (Å²) in [6.07, 6.45) is 5.83. The molecule has 0 amide bonds. The van der Waals surface area contributed by atoms with E-state index in [1.807, 2.05) is 0 Å². The van der Waals surface area contributed by atoms with E-state index in [9.17, 15) is 0 Å². The Balaban J connectivity index is 1.37. The fourth-order valence-corrected chi connectivity index (χ4v) is 8.57. The van der Waals surface area contributed by atoms with Gasteiger partial charge in [0.05, 0.1) is 0 Å². The van der Waals surface area contributed by atoms with Crippen molar-refractivity contribution < 1.29 is 0 Å². The Bertz CT molecular complexity index is 2240. The summed E-state index contributed by atoms with van der Waals surface area (Å²) in [5, 5.41) is 5.28. The molecule has 0 bridgehead atoms. The van der Waals surface area contributed by atoms with Crippen LogP contribution in [0.2, 0.25) is 0 Å². The summed E-state index contributed by atoms with van der Waals surface area (Å²) in [6, 6.07) is 39.5. The SMILES string of the molecule is CCCC1=Cc2c(-c3cc4ccccc4c4ccccc34)cccc2C1c1c(C(C)(C)C)ccc2c1Cc1cc(C(C)(C)C)ccc1-2. The van der Waals surface area contributed by atoms with Crippen molar-refractivity contribution in [3.63, 3.8) is 0 Å². The highest BCUT2D eigenvalue weighted by molar-refractivity contribution is 6.14. The summed E-state index contributed by atoms with van der Waals surface area (Å²) in [5.74, 6) is 0.261. The second-order valence-corrected chi connectivity index (χ2v) is 16.0. The van der Waals surface area contributed by atoms with Crippen molar-refractivity contribution >= 4 is 27.6 Å². The van der Waals surface area contributed by atoms with Crippen LogP contribution in [0.3, 0.4) is 0 Å². The summed E-state index contributed by atoms with van der Waals surface area (Å²) >= 11 is 0. The predicted octanol–water partition coefficient (Wildman–Crippen LogP) is 13.2. The van der Waals surface area contributed by atoms with E-state index in [0.717, 1.165) is 19.3 Å².